The first-order valence-electron chi connectivity index (χ1n) is 10.1. The molecule has 0 radical (unpaired) electrons. The first-order chi connectivity index (χ1) is 14.1. The summed E-state index contributed by atoms with van der Waals surface area (Å²) in [6.07, 6.45) is 1.66. The normalized spacial score (nSPS) is 17.4. The minimum Gasteiger partial charge on any atom is -0.493 e. The SMILES string of the molecule is COc1ccc(-c2nc3c(C)cccc3cc2CN2CCC[C@@H](O)C2)cc1OC. The number of fused-ring (bicyclic) bond motifs is 1. The van der Waals surface area contributed by atoms with Crippen LogP contribution in [0.5, 0.6) is 11.5 Å². The van der Waals surface area contributed by atoms with Crippen LogP contribution in [0.1, 0.15) is 24.0 Å². The number of nitrogens with zero attached hydrogens (tertiary/aromatic N) is 2. The van der Waals surface area contributed by atoms with E-state index in [1.165, 1.54) is 0 Å². The minimum absolute atomic E-state index is 0.246. The molecule has 2 heterocycles. The summed E-state index contributed by atoms with van der Waals surface area (Å²) in [6.45, 7) is 4.55. The summed E-state index contributed by atoms with van der Waals surface area (Å²) in [7, 11) is 3.29. The number of benzene rings is 2. The number of β-amino-alcohol motifs (C(OH)–C–C–N with tert-alkyl or cyclic N) is 1. The highest BCUT2D eigenvalue weighted by molar-refractivity contribution is 5.86. The Bertz CT molecular complexity index is 1020. The molecule has 1 saturated heterocycles. The molecule has 1 aliphatic rings. The smallest absolute Gasteiger partial charge is 0.161 e. The molecule has 1 atom stereocenters. The molecule has 0 spiro atoms. The van der Waals surface area contributed by atoms with Gasteiger partial charge in [-0.2, -0.15) is 0 Å². The molecule has 4 rings (SSSR count). The highest BCUT2D eigenvalue weighted by atomic mass is 16.5. The summed E-state index contributed by atoms with van der Waals surface area (Å²) in [6, 6.07) is 14.5. The maximum absolute atomic E-state index is 10.1. The molecule has 2 aromatic carbocycles. The van der Waals surface area contributed by atoms with Gasteiger partial charge >= 0.3 is 0 Å². The Morgan fingerprint density at radius 2 is 1.93 bits per heavy atom. The number of pyridine rings is 1. The van der Waals surface area contributed by atoms with Crippen molar-refractivity contribution in [2.75, 3.05) is 27.3 Å². The fourth-order valence-electron chi connectivity index (χ4n) is 4.16. The monoisotopic (exact) mass is 392 g/mol. The summed E-state index contributed by atoms with van der Waals surface area (Å²) in [5.41, 5.74) is 5.28. The Kier molecular flexibility index (Phi) is 5.69. The second-order valence-corrected chi connectivity index (χ2v) is 7.74. The van der Waals surface area contributed by atoms with E-state index in [1.807, 2.05) is 18.2 Å². The first-order valence-corrected chi connectivity index (χ1v) is 10.1. The van der Waals surface area contributed by atoms with Gasteiger partial charge in [0, 0.05) is 24.0 Å². The number of hydrogen-bond donors (Lipinski definition) is 1. The minimum atomic E-state index is -0.246. The van der Waals surface area contributed by atoms with Gasteiger partial charge in [0.25, 0.3) is 0 Å². The highest BCUT2D eigenvalue weighted by Crippen LogP contribution is 2.35. The number of ether oxygens (including phenoxy) is 2. The number of hydrogen-bond acceptors (Lipinski definition) is 5. The number of aryl methyl sites for hydroxylation is 1. The van der Waals surface area contributed by atoms with Gasteiger partial charge in [0.2, 0.25) is 0 Å². The first kappa shape index (κ1) is 19.7. The third-order valence-electron chi connectivity index (χ3n) is 5.66. The number of piperidine rings is 1. The molecule has 0 bridgehead atoms. The fraction of sp³-hybridized carbons (Fsp3) is 0.375. The van der Waals surface area contributed by atoms with Gasteiger partial charge in [0.05, 0.1) is 31.5 Å². The van der Waals surface area contributed by atoms with Crippen molar-refractivity contribution >= 4 is 10.9 Å². The Balaban J connectivity index is 1.83. The molecule has 29 heavy (non-hydrogen) atoms. The van der Waals surface area contributed by atoms with E-state index in [0.29, 0.717) is 18.0 Å². The van der Waals surface area contributed by atoms with E-state index in [4.69, 9.17) is 14.5 Å². The number of para-hydroxylation sites is 1. The Labute approximate surface area is 171 Å². The summed E-state index contributed by atoms with van der Waals surface area (Å²) in [5.74, 6) is 1.39. The number of aromatic nitrogens is 1. The van der Waals surface area contributed by atoms with Crippen LogP contribution in [0.3, 0.4) is 0 Å². The molecule has 0 aliphatic carbocycles. The van der Waals surface area contributed by atoms with Gasteiger partial charge in [0.1, 0.15) is 0 Å². The zero-order chi connectivity index (χ0) is 20.4. The van der Waals surface area contributed by atoms with E-state index >= 15 is 0 Å². The number of likely N-dealkylation sites (tertiary alicyclic amines) is 1. The molecule has 0 saturated carbocycles. The maximum Gasteiger partial charge on any atom is 0.161 e. The lowest BCUT2D eigenvalue weighted by Crippen LogP contribution is -2.37. The zero-order valence-corrected chi connectivity index (χ0v) is 17.3. The van der Waals surface area contributed by atoms with Crippen LogP contribution < -0.4 is 9.47 Å². The van der Waals surface area contributed by atoms with E-state index in [0.717, 1.165) is 59.2 Å². The second kappa shape index (κ2) is 8.39. The van der Waals surface area contributed by atoms with Crippen LogP contribution in [0.15, 0.2) is 42.5 Å². The van der Waals surface area contributed by atoms with E-state index < -0.39 is 0 Å². The van der Waals surface area contributed by atoms with Gasteiger partial charge in [-0.3, -0.25) is 4.90 Å². The quantitative estimate of drug-likeness (QED) is 0.706. The van der Waals surface area contributed by atoms with Crippen molar-refractivity contribution in [3.8, 4) is 22.8 Å². The molecule has 5 heteroatoms. The van der Waals surface area contributed by atoms with Crippen molar-refractivity contribution in [2.24, 2.45) is 0 Å². The van der Waals surface area contributed by atoms with Crippen LogP contribution in [0, 0.1) is 6.92 Å². The van der Waals surface area contributed by atoms with E-state index in [1.54, 1.807) is 14.2 Å². The van der Waals surface area contributed by atoms with Crippen molar-refractivity contribution in [1.82, 2.24) is 9.88 Å². The van der Waals surface area contributed by atoms with Crippen molar-refractivity contribution < 1.29 is 14.6 Å². The summed E-state index contributed by atoms with van der Waals surface area (Å²) in [4.78, 5) is 7.39. The van der Waals surface area contributed by atoms with Crippen LogP contribution in [0.2, 0.25) is 0 Å². The van der Waals surface area contributed by atoms with Gasteiger partial charge in [-0.05, 0) is 61.7 Å². The van der Waals surface area contributed by atoms with Gasteiger partial charge in [0.15, 0.2) is 11.5 Å². The molecular formula is C24H28N2O3. The van der Waals surface area contributed by atoms with Crippen molar-refractivity contribution in [3.05, 3.63) is 53.6 Å². The Morgan fingerprint density at radius 3 is 2.69 bits per heavy atom. The maximum atomic E-state index is 10.1. The standard InChI is InChI=1S/C24H28N2O3/c1-16-6-4-7-17-12-19(14-26-11-5-8-20(27)15-26)24(25-23(16)17)18-9-10-21(28-2)22(13-18)29-3/h4,6-7,9-10,12-13,20,27H,5,8,11,14-15H2,1-3H3/t20-/m1/s1. The molecule has 1 fully saturated rings. The molecule has 152 valence electrons. The molecule has 5 nitrogen and oxygen atoms in total. The molecular weight excluding hydrogens is 364 g/mol. The molecule has 0 unspecified atom stereocenters. The fourth-order valence-corrected chi connectivity index (χ4v) is 4.16. The average molecular weight is 392 g/mol. The molecule has 1 aromatic heterocycles. The molecule has 1 aliphatic heterocycles. The number of aliphatic hydroxyl groups excluding tert-OH is 1. The lowest BCUT2D eigenvalue weighted by Gasteiger charge is -2.30. The van der Waals surface area contributed by atoms with Crippen molar-refractivity contribution in [3.63, 3.8) is 0 Å². The number of rotatable bonds is 5. The number of methoxy groups -OCH3 is 2. The largest absolute Gasteiger partial charge is 0.493 e. The molecule has 0 amide bonds. The van der Waals surface area contributed by atoms with Crippen molar-refractivity contribution in [1.29, 1.82) is 0 Å². The van der Waals surface area contributed by atoms with Crippen LogP contribution in [0.4, 0.5) is 0 Å². The highest BCUT2D eigenvalue weighted by Gasteiger charge is 2.20. The second-order valence-electron chi connectivity index (χ2n) is 7.74. The van der Waals surface area contributed by atoms with Crippen LogP contribution in [0.25, 0.3) is 22.2 Å². The lowest BCUT2D eigenvalue weighted by molar-refractivity contribution is 0.0669. The molecule has 3 aromatic rings. The predicted octanol–water partition coefficient (Wildman–Crippen LogP) is 4.18. The van der Waals surface area contributed by atoms with Gasteiger partial charge in [-0.1, -0.05) is 18.2 Å². The number of aliphatic hydroxyl groups is 1. The molecule has 1 N–H and O–H groups in total. The van der Waals surface area contributed by atoms with Crippen LogP contribution >= 0.6 is 0 Å². The summed E-state index contributed by atoms with van der Waals surface area (Å²) >= 11 is 0. The van der Waals surface area contributed by atoms with Crippen LogP contribution in [-0.4, -0.2) is 48.4 Å². The lowest BCUT2D eigenvalue weighted by atomic mass is 10.00. The van der Waals surface area contributed by atoms with E-state index in [-0.39, 0.29) is 6.10 Å². The van der Waals surface area contributed by atoms with E-state index in [9.17, 15) is 5.11 Å². The third kappa shape index (κ3) is 4.07. The van der Waals surface area contributed by atoms with Gasteiger partial charge in [-0.25, -0.2) is 4.98 Å². The zero-order valence-electron chi connectivity index (χ0n) is 17.3. The summed E-state index contributed by atoms with van der Waals surface area (Å²) < 4.78 is 10.9. The Hall–Kier alpha value is -2.63. The van der Waals surface area contributed by atoms with E-state index in [2.05, 4.69) is 36.1 Å². The van der Waals surface area contributed by atoms with Crippen LogP contribution in [-0.2, 0) is 6.54 Å². The third-order valence-corrected chi connectivity index (χ3v) is 5.66. The van der Waals surface area contributed by atoms with Gasteiger partial charge in [-0.15, -0.1) is 0 Å². The Morgan fingerprint density at radius 1 is 1.10 bits per heavy atom. The topological polar surface area (TPSA) is 54.8 Å². The van der Waals surface area contributed by atoms with Gasteiger partial charge < -0.3 is 14.6 Å². The van der Waals surface area contributed by atoms with Crippen molar-refractivity contribution in [2.45, 2.75) is 32.4 Å². The predicted molar refractivity (Wildman–Crippen MR) is 116 cm³/mol. The summed E-state index contributed by atoms with van der Waals surface area (Å²) in [5, 5.41) is 11.2. The average Bonchev–Trinajstić information content (AvgIpc) is 2.73.